The largest absolute Gasteiger partial charge is 0.384 e. The normalized spacial score (nSPS) is 16.9. The first-order valence-corrected chi connectivity index (χ1v) is 6.68. The lowest BCUT2D eigenvalue weighted by molar-refractivity contribution is 0.393. The lowest BCUT2D eigenvalue weighted by atomic mass is 9.94. The van der Waals surface area contributed by atoms with Crippen molar-refractivity contribution < 1.29 is 0 Å². The fraction of sp³-hybridized carbons (Fsp3) is 0.571. The summed E-state index contributed by atoms with van der Waals surface area (Å²) in [5, 5.41) is 7.54. The van der Waals surface area contributed by atoms with E-state index in [0.29, 0.717) is 0 Å². The van der Waals surface area contributed by atoms with Gasteiger partial charge in [0.1, 0.15) is 11.7 Å². The molecule has 3 N–H and O–H groups in total. The molecule has 0 radical (unpaired) electrons. The number of nitrogens with one attached hydrogen (secondary N) is 1. The SMILES string of the molecule is CCC1CCN(c2cc(C(=N)N)cc(C)n2)CC1. The number of rotatable bonds is 3. The number of nitrogens with two attached hydrogens (primary N) is 1. The molecule has 1 aliphatic rings. The number of hydrogen-bond donors (Lipinski definition) is 2. The highest BCUT2D eigenvalue weighted by Crippen LogP contribution is 2.24. The molecule has 0 amide bonds. The van der Waals surface area contributed by atoms with Crippen molar-refractivity contribution in [2.75, 3.05) is 18.0 Å². The predicted octanol–water partition coefficient (Wildman–Crippen LogP) is 2.30. The first-order valence-electron chi connectivity index (χ1n) is 6.68. The molecule has 0 saturated carbocycles. The van der Waals surface area contributed by atoms with Crippen molar-refractivity contribution >= 4 is 11.7 Å². The summed E-state index contributed by atoms with van der Waals surface area (Å²) in [7, 11) is 0. The van der Waals surface area contributed by atoms with E-state index in [4.69, 9.17) is 11.1 Å². The lowest BCUT2D eigenvalue weighted by Crippen LogP contribution is -2.34. The zero-order valence-corrected chi connectivity index (χ0v) is 11.2. The topological polar surface area (TPSA) is 66.0 Å². The minimum Gasteiger partial charge on any atom is -0.384 e. The van der Waals surface area contributed by atoms with Crippen LogP contribution < -0.4 is 10.6 Å². The average molecular weight is 246 g/mol. The Morgan fingerprint density at radius 2 is 2.11 bits per heavy atom. The van der Waals surface area contributed by atoms with Gasteiger partial charge in [0.2, 0.25) is 0 Å². The fourth-order valence-corrected chi connectivity index (χ4v) is 2.54. The fourth-order valence-electron chi connectivity index (χ4n) is 2.54. The summed E-state index contributed by atoms with van der Waals surface area (Å²) in [6, 6.07) is 3.80. The van der Waals surface area contributed by atoms with Crippen molar-refractivity contribution in [3.8, 4) is 0 Å². The number of nitrogens with zero attached hydrogens (tertiary/aromatic N) is 2. The van der Waals surface area contributed by atoms with E-state index >= 15 is 0 Å². The van der Waals surface area contributed by atoms with Gasteiger partial charge in [-0.3, -0.25) is 5.41 Å². The number of aryl methyl sites for hydroxylation is 1. The van der Waals surface area contributed by atoms with Crippen LogP contribution in [0.5, 0.6) is 0 Å². The summed E-state index contributed by atoms with van der Waals surface area (Å²) < 4.78 is 0. The van der Waals surface area contributed by atoms with Gasteiger partial charge < -0.3 is 10.6 Å². The average Bonchev–Trinajstić information content (AvgIpc) is 2.38. The molecule has 1 saturated heterocycles. The minimum atomic E-state index is 0.116. The minimum absolute atomic E-state index is 0.116. The quantitative estimate of drug-likeness (QED) is 0.635. The first kappa shape index (κ1) is 12.9. The Kier molecular flexibility index (Phi) is 3.84. The van der Waals surface area contributed by atoms with E-state index < -0.39 is 0 Å². The summed E-state index contributed by atoms with van der Waals surface area (Å²) in [5.74, 6) is 1.94. The van der Waals surface area contributed by atoms with Gasteiger partial charge in [0.15, 0.2) is 0 Å². The van der Waals surface area contributed by atoms with Crippen molar-refractivity contribution in [1.29, 1.82) is 5.41 Å². The molecule has 1 fully saturated rings. The van der Waals surface area contributed by atoms with Crippen molar-refractivity contribution in [3.05, 3.63) is 23.4 Å². The van der Waals surface area contributed by atoms with Crippen molar-refractivity contribution in [2.24, 2.45) is 11.7 Å². The predicted molar refractivity (Wildman–Crippen MR) is 75.2 cm³/mol. The smallest absolute Gasteiger partial charge is 0.129 e. The van der Waals surface area contributed by atoms with Gasteiger partial charge in [-0.15, -0.1) is 0 Å². The highest BCUT2D eigenvalue weighted by molar-refractivity contribution is 5.95. The van der Waals surface area contributed by atoms with Crippen LogP contribution in [-0.2, 0) is 0 Å². The molecule has 98 valence electrons. The summed E-state index contributed by atoms with van der Waals surface area (Å²) in [5.41, 5.74) is 7.26. The molecule has 4 heteroatoms. The van der Waals surface area contributed by atoms with Gasteiger partial charge >= 0.3 is 0 Å². The maximum Gasteiger partial charge on any atom is 0.129 e. The van der Waals surface area contributed by atoms with E-state index in [9.17, 15) is 0 Å². The first-order chi connectivity index (χ1) is 8.60. The van der Waals surface area contributed by atoms with Crippen LogP contribution in [0.4, 0.5) is 5.82 Å². The lowest BCUT2D eigenvalue weighted by Gasteiger charge is -2.32. The van der Waals surface area contributed by atoms with Crippen LogP contribution in [0.25, 0.3) is 0 Å². The van der Waals surface area contributed by atoms with Crippen LogP contribution in [0.2, 0.25) is 0 Å². The third-order valence-corrected chi connectivity index (χ3v) is 3.77. The van der Waals surface area contributed by atoms with E-state index in [1.165, 1.54) is 19.3 Å². The molecular weight excluding hydrogens is 224 g/mol. The van der Waals surface area contributed by atoms with Crippen LogP contribution in [0.15, 0.2) is 12.1 Å². The number of pyridine rings is 1. The second kappa shape index (κ2) is 5.38. The number of hydrogen-bond acceptors (Lipinski definition) is 3. The molecule has 18 heavy (non-hydrogen) atoms. The van der Waals surface area contributed by atoms with Gasteiger partial charge in [0, 0.05) is 24.3 Å². The van der Waals surface area contributed by atoms with Crippen molar-refractivity contribution in [2.45, 2.75) is 33.1 Å². The monoisotopic (exact) mass is 246 g/mol. The molecular formula is C14H22N4. The van der Waals surface area contributed by atoms with Gasteiger partial charge in [-0.2, -0.15) is 0 Å². The molecule has 4 nitrogen and oxygen atoms in total. The number of nitrogen functional groups attached to an aromatic ring is 1. The van der Waals surface area contributed by atoms with E-state index in [1.54, 1.807) is 0 Å². The standard InChI is InChI=1S/C14H22N4/c1-3-11-4-6-18(7-5-11)13-9-12(14(15)16)8-10(2)17-13/h8-9,11H,3-7H2,1-2H3,(H3,15,16). The van der Waals surface area contributed by atoms with Crippen LogP contribution in [-0.4, -0.2) is 23.9 Å². The molecule has 0 aromatic carbocycles. The van der Waals surface area contributed by atoms with Crippen LogP contribution >= 0.6 is 0 Å². The van der Waals surface area contributed by atoms with Gasteiger partial charge in [-0.1, -0.05) is 13.3 Å². The molecule has 0 bridgehead atoms. The van der Waals surface area contributed by atoms with Crippen LogP contribution in [0.1, 0.15) is 37.4 Å². The zero-order valence-electron chi connectivity index (χ0n) is 11.2. The number of aromatic nitrogens is 1. The van der Waals surface area contributed by atoms with Gasteiger partial charge in [0.05, 0.1) is 0 Å². The van der Waals surface area contributed by atoms with E-state index in [1.807, 2.05) is 19.1 Å². The number of piperidine rings is 1. The Labute approximate surface area is 109 Å². The zero-order chi connectivity index (χ0) is 13.1. The van der Waals surface area contributed by atoms with Crippen molar-refractivity contribution in [3.63, 3.8) is 0 Å². The summed E-state index contributed by atoms with van der Waals surface area (Å²) >= 11 is 0. The molecule has 1 aromatic heterocycles. The summed E-state index contributed by atoms with van der Waals surface area (Å²) in [4.78, 5) is 6.88. The Hall–Kier alpha value is -1.58. The van der Waals surface area contributed by atoms with E-state index in [-0.39, 0.29) is 5.84 Å². The second-order valence-electron chi connectivity index (χ2n) is 5.11. The third kappa shape index (κ3) is 2.81. The van der Waals surface area contributed by atoms with Gasteiger partial charge in [-0.25, -0.2) is 4.98 Å². The van der Waals surface area contributed by atoms with E-state index in [2.05, 4.69) is 16.8 Å². The highest BCUT2D eigenvalue weighted by Gasteiger charge is 2.19. The summed E-state index contributed by atoms with van der Waals surface area (Å²) in [6.07, 6.45) is 3.75. The second-order valence-corrected chi connectivity index (χ2v) is 5.11. The van der Waals surface area contributed by atoms with Crippen molar-refractivity contribution in [1.82, 2.24) is 4.98 Å². The summed E-state index contributed by atoms with van der Waals surface area (Å²) in [6.45, 7) is 6.34. The highest BCUT2D eigenvalue weighted by atomic mass is 15.2. The van der Waals surface area contributed by atoms with Gasteiger partial charge in [-0.05, 0) is 37.8 Å². The maximum atomic E-state index is 7.54. The maximum absolute atomic E-state index is 7.54. The Morgan fingerprint density at radius 3 is 2.67 bits per heavy atom. The molecule has 2 rings (SSSR count). The molecule has 0 unspecified atom stereocenters. The third-order valence-electron chi connectivity index (χ3n) is 3.77. The molecule has 0 atom stereocenters. The molecule has 1 aromatic rings. The Balaban J connectivity index is 2.16. The molecule has 2 heterocycles. The van der Waals surface area contributed by atoms with Gasteiger partial charge in [0.25, 0.3) is 0 Å². The molecule has 0 spiro atoms. The number of amidine groups is 1. The Morgan fingerprint density at radius 1 is 1.44 bits per heavy atom. The Bertz CT molecular complexity index is 433. The molecule has 1 aliphatic heterocycles. The van der Waals surface area contributed by atoms with Crippen LogP contribution in [0, 0.1) is 18.3 Å². The number of anilines is 1. The van der Waals surface area contributed by atoms with Crippen LogP contribution in [0.3, 0.4) is 0 Å². The molecule has 0 aliphatic carbocycles. The van der Waals surface area contributed by atoms with E-state index in [0.717, 1.165) is 36.1 Å².